The van der Waals surface area contributed by atoms with Gasteiger partial charge in [0.15, 0.2) is 0 Å². The zero-order valence-electron chi connectivity index (χ0n) is 18.4. The van der Waals surface area contributed by atoms with E-state index in [9.17, 15) is 14.4 Å². The van der Waals surface area contributed by atoms with Crippen LogP contribution in [0.15, 0.2) is 41.7 Å². The summed E-state index contributed by atoms with van der Waals surface area (Å²) in [6.07, 6.45) is 12.7. The summed E-state index contributed by atoms with van der Waals surface area (Å²) in [6, 6.07) is 3.98. The number of pyridine rings is 2. The molecule has 1 saturated carbocycles. The molecule has 0 saturated heterocycles. The number of carbonyl (C=O) groups is 2. The van der Waals surface area contributed by atoms with E-state index < -0.39 is 17.2 Å². The van der Waals surface area contributed by atoms with Crippen LogP contribution in [-0.4, -0.2) is 34.5 Å². The number of carbonyl (C=O) groups excluding carboxylic acids is 2. The van der Waals surface area contributed by atoms with Gasteiger partial charge >= 0.3 is 0 Å². The van der Waals surface area contributed by atoms with Crippen molar-refractivity contribution < 1.29 is 9.59 Å². The second-order valence-corrected chi connectivity index (χ2v) is 8.62. The number of hydrogen-bond acceptors (Lipinski definition) is 4. The SMILES string of the molecule is CC(C)CNC(=O)c1cn(C2CCCCC2)cc(C(=O)NCCc2ccncc2)c1=O. The summed E-state index contributed by atoms with van der Waals surface area (Å²) in [5.41, 5.74) is 0.594. The molecule has 2 aromatic rings. The molecule has 7 nitrogen and oxygen atoms in total. The molecule has 1 fully saturated rings. The van der Waals surface area contributed by atoms with Crippen LogP contribution in [0.25, 0.3) is 0 Å². The minimum absolute atomic E-state index is 0.0255. The van der Waals surface area contributed by atoms with E-state index in [4.69, 9.17) is 0 Å². The standard InChI is InChI=1S/C24H32N4O3/c1-17(2)14-27-24(31)21-16-28(19-6-4-3-5-7-19)15-20(22(21)29)23(30)26-13-10-18-8-11-25-12-9-18/h8-9,11-12,15-17,19H,3-7,10,13-14H2,1-2H3,(H,26,30)(H,27,31). The first kappa shape index (κ1) is 22.7. The van der Waals surface area contributed by atoms with Crippen LogP contribution in [0.2, 0.25) is 0 Å². The lowest BCUT2D eigenvalue weighted by molar-refractivity contribution is 0.0946. The van der Waals surface area contributed by atoms with Crippen molar-refractivity contribution in [2.24, 2.45) is 5.92 Å². The topological polar surface area (TPSA) is 93.1 Å². The quantitative estimate of drug-likeness (QED) is 0.681. The highest BCUT2D eigenvalue weighted by Gasteiger charge is 2.22. The predicted octanol–water partition coefficient (Wildman–Crippen LogP) is 3.11. The largest absolute Gasteiger partial charge is 0.352 e. The molecule has 0 aromatic carbocycles. The fraction of sp³-hybridized carbons (Fsp3) is 0.500. The third-order valence-electron chi connectivity index (χ3n) is 5.65. The van der Waals surface area contributed by atoms with Crippen molar-refractivity contribution in [3.8, 4) is 0 Å². The third-order valence-corrected chi connectivity index (χ3v) is 5.65. The highest BCUT2D eigenvalue weighted by molar-refractivity contribution is 5.99. The molecule has 2 N–H and O–H groups in total. The maximum atomic E-state index is 13.0. The lowest BCUT2D eigenvalue weighted by atomic mass is 9.95. The first-order valence-electron chi connectivity index (χ1n) is 11.2. The molecule has 1 aliphatic carbocycles. The van der Waals surface area contributed by atoms with Crippen LogP contribution >= 0.6 is 0 Å². The average molecular weight is 425 g/mol. The van der Waals surface area contributed by atoms with Crippen molar-refractivity contribution in [1.29, 1.82) is 0 Å². The number of nitrogens with one attached hydrogen (secondary N) is 2. The van der Waals surface area contributed by atoms with Crippen molar-refractivity contribution in [3.05, 3.63) is 63.8 Å². The van der Waals surface area contributed by atoms with Gasteiger partial charge in [-0.05, 0) is 42.9 Å². The summed E-state index contributed by atoms with van der Waals surface area (Å²) in [4.78, 5) is 42.6. The first-order chi connectivity index (χ1) is 15.0. The van der Waals surface area contributed by atoms with Gasteiger partial charge in [-0.1, -0.05) is 33.1 Å². The monoisotopic (exact) mass is 424 g/mol. The minimum atomic E-state index is -0.519. The van der Waals surface area contributed by atoms with Gasteiger partial charge in [-0.2, -0.15) is 0 Å². The molecule has 0 aliphatic heterocycles. The van der Waals surface area contributed by atoms with Crippen molar-refractivity contribution >= 4 is 11.8 Å². The maximum absolute atomic E-state index is 13.0. The van der Waals surface area contributed by atoms with Gasteiger partial charge < -0.3 is 15.2 Å². The average Bonchev–Trinajstić information content (AvgIpc) is 2.78. The Balaban J connectivity index is 1.82. The van der Waals surface area contributed by atoms with Gasteiger partial charge in [-0.15, -0.1) is 0 Å². The van der Waals surface area contributed by atoms with E-state index in [0.29, 0.717) is 19.5 Å². The predicted molar refractivity (Wildman–Crippen MR) is 120 cm³/mol. The Labute approximate surface area is 183 Å². The van der Waals surface area contributed by atoms with Crippen molar-refractivity contribution in [3.63, 3.8) is 0 Å². The van der Waals surface area contributed by atoms with E-state index in [2.05, 4.69) is 15.6 Å². The molecular weight excluding hydrogens is 392 g/mol. The van der Waals surface area contributed by atoms with Crippen molar-refractivity contribution in [2.45, 2.75) is 58.4 Å². The van der Waals surface area contributed by atoms with Gasteiger partial charge in [0, 0.05) is 43.9 Å². The zero-order valence-corrected chi connectivity index (χ0v) is 18.4. The van der Waals surface area contributed by atoms with Crippen LogP contribution in [0.3, 0.4) is 0 Å². The Morgan fingerprint density at radius 1 is 1.03 bits per heavy atom. The number of aromatic nitrogens is 2. The molecule has 2 heterocycles. The fourth-order valence-corrected chi connectivity index (χ4v) is 3.87. The summed E-state index contributed by atoms with van der Waals surface area (Å²) in [7, 11) is 0. The summed E-state index contributed by atoms with van der Waals surface area (Å²) in [5.74, 6) is -0.596. The van der Waals surface area contributed by atoms with Crippen molar-refractivity contribution in [2.75, 3.05) is 13.1 Å². The molecule has 2 amide bonds. The van der Waals surface area contributed by atoms with Gasteiger partial charge in [0.2, 0.25) is 5.43 Å². The first-order valence-corrected chi connectivity index (χ1v) is 11.2. The van der Waals surface area contributed by atoms with E-state index in [0.717, 1.165) is 31.2 Å². The minimum Gasteiger partial charge on any atom is -0.352 e. The molecule has 166 valence electrons. The molecule has 0 bridgehead atoms. The fourth-order valence-electron chi connectivity index (χ4n) is 3.87. The summed E-state index contributed by atoms with van der Waals surface area (Å²) < 4.78 is 1.91. The van der Waals surface area contributed by atoms with Crippen molar-refractivity contribution in [1.82, 2.24) is 20.2 Å². The molecule has 2 aromatic heterocycles. The molecule has 1 aliphatic rings. The van der Waals surface area contributed by atoms with Gasteiger partial charge in [-0.3, -0.25) is 19.4 Å². The van der Waals surface area contributed by atoms with E-state index in [-0.39, 0.29) is 23.1 Å². The smallest absolute Gasteiger partial charge is 0.256 e. The lowest BCUT2D eigenvalue weighted by Gasteiger charge is -2.25. The Hall–Kier alpha value is -2.96. The number of amides is 2. The summed E-state index contributed by atoms with van der Waals surface area (Å²) >= 11 is 0. The highest BCUT2D eigenvalue weighted by Crippen LogP contribution is 2.28. The van der Waals surface area contributed by atoms with Crippen LogP contribution in [0.5, 0.6) is 0 Å². The van der Waals surface area contributed by atoms with E-state index >= 15 is 0 Å². The van der Waals surface area contributed by atoms with Crippen LogP contribution in [0, 0.1) is 5.92 Å². The highest BCUT2D eigenvalue weighted by atomic mass is 16.2. The molecular formula is C24H32N4O3. The van der Waals surface area contributed by atoms with Gasteiger partial charge in [0.05, 0.1) is 0 Å². The summed E-state index contributed by atoms with van der Waals surface area (Å²) in [5, 5.41) is 5.64. The van der Waals surface area contributed by atoms with Gasteiger partial charge in [-0.25, -0.2) is 0 Å². The molecule has 0 spiro atoms. The van der Waals surface area contributed by atoms with E-state index in [1.165, 1.54) is 6.42 Å². The third kappa shape index (κ3) is 6.26. The van der Waals surface area contributed by atoms with Crippen LogP contribution in [-0.2, 0) is 6.42 Å². The molecule has 31 heavy (non-hydrogen) atoms. The Bertz CT molecular complexity index is 947. The second-order valence-electron chi connectivity index (χ2n) is 8.62. The molecule has 7 heteroatoms. The molecule has 0 unspecified atom stereocenters. The zero-order chi connectivity index (χ0) is 22.2. The normalized spacial score (nSPS) is 14.4. The second kappa shape index (κ2) is 10.9. The van der Waals surface area contributed by atoms with Gasteiger partial charge in [0.25, 0.3) is 11.8 Å². The van der Waals surface area contributed by atoms with E-state index in [1.807, 2.05) is 30.5 Å². The van der Waals surface area contributed by atoms with Gasteiger partial charge in [0.1, 0.15) is 11.1 Å². The van der Waals surface area contributed by atoms with Crippen LogP contribution in [0.1, 0.15) is 78.3 Å². The van der Waals surface area contributed by atoms with Crippen LogP contribution < -0.4 is 16.1 Å². The lowest BCUT2D eigenvalue weighted by Crippen LogP contribution is -2.37. The van der Waals surface area contributed by atoms with Crippen LogP contribution in [0.4, 0.5) is 0 Å². The number of hydrogen-bond donors (Lipinski definition) is 2. The Kier molecular flexibility index (Phi) is 7.98. The van der Waals surface area contributed by atoms with E-state index in [1.54, 1.807) is 24.8 Å². The molecule has 0 radical (unpaired) electrons. The molecule has 3 rings (SSSR count). The Morgan fingerprint density at radius 2 is 1.65 bits per heavy atom. The summed E-state index contributed by atoms with van der Waals surface area (Å²) in [6.45, 7) is 4.86. The number of rotatable bonds is 8. The maximum Gasteiger partial charge on any atom is 0.256 e. The molecule has 0 atom stereocenters. The Morgan fingerprint density at radius 3 is 2.26 bits per heavy atom. The number of nitrogens with zero attached hydrogens (tertiary/aromatic N) is 2.